The van der Waals surface area contributed by atoms with Crippen LogP contribution in [-0.2, 0) is 6.54 Å². The molecule has 1 aromatic heterocycles. The van der Waals surface area contributed by atoms with E-state index < -0.39 is 0 Å². The Kier molecular flexibility index (Phi) is 6.05. The largest absolute Gasteiger partial charge is 0.496 e. The zero-order valence-corrected chi connectivity index (χ0v) is 15.9. The van der Waals surface area contributed by atoms with Crippen LogP contribution in [0.1, 0.15) is 26.4 Å². The first-order chi connectivity index (χ1) is 13.1. The summed E-state index contributed by atoms with van der Waals surface area (Å²) in [5, 5.41) is 7.95. The van der Waals surface area contributed by atoms with E-state index in [1.807, 2.05) is 24.3 Å². The van der Waals surface area contributed by atoms with Gasteiger partial charge in [0.2, 0.25) is 0 Å². The molecular weight excluding hydrogens is 386 g/mol. The second-order valence-corrected chi connectivity index (χ2v) is 6.79. The normalized spacial score (nSPS) is 10.3. The summed E-state index contributed by atoms with van der Waals surface area (Å²) in [6.45, 7) is 0.312. The number of carbonyl (C=O) groups excluding carboxylic acids is 2. The molecule has 3 rings (SSSR count). The third kappa shape index (κ3) is 4.84. The van der Waals surface area contributed by atoms with E-state index in [0.717, 1.165) is 5.56 Å². The molecule has 3 aromatic rings. The molecule has 0 spiro atoms. The highest BCUT2D eigenvalue weighted by molar-refractivity contribution is 7.14. The highest BCUT2D eigenvalue weighted by atomic mass is 35.5. The van der Waals surface area contributed by atoms with Gasteiger partial charge in [-0.25, -0.2) is 4.98 Å². The Morgan fingerprint density at radius 2 is 1.85 bits per heavy atom. The lowest BCUT2D eigenvalue weighted by Gasteiger charge is -2.08. The van der Waals surface area contributed by atoms with Crippen LogP contribution in [-0.4, -0.2) is 23.9 Å². The molecule has 0 atom stereocenters. The third-order valence-electron chi connectivity index (χ3n) is 3.70. The Bertz CT molecular complexity index is 957. The molecule has 0 bridgehead atoms. The zero-order valence-electron chi connectivity index (χ0n) is 14.4. The molecule has 0 radical (unpaired) electrons. The number of halogens is 1. The molecule has 2 aromatic carbocycles. The Morgan fingerprint density at radius 1 is 1.11 bits per heavy atom. The van der Waals surface area contributed by atoms with Crippen LogP contribution in [0.15, 0.2) is 53.9 Å². The van der Waals surface area contributed by atoms with Crippen molar-refractivity contribution in [3.63, 3.8) is 0 Å². The number of hydrogen-bond acceptors (Lipinski definition) is 5. The van der Waals surface area contributed by atoms with Crippen molar-refractivity contribution in [1.29, 1.82) is 0 Å². The maximum absolute atomic E-state index is 12.3. The van der Waals surface area contributed by atoms with E-state index in [2.05, 4.69) is 15.6 Å². The van der Waals surface area contributed by atoms with E-state index in [-0.39, 0.29) is 17.5 Å². The lowest BCUT2D eigenvalue weighted by atomic mass is 10.2. The summed E-state index contributed by atoms with van der Waals surface area (Å²) in [5.41, 5.74) is 1.55. The first-order valence-corrected chi connectivity index (χ1v) is 9.25. The van der Waals surface area contributed by atoms with E-state index in [0.29, 0.717) is 28.0 Å². The number of nitrogens with zero attached hydrogens (tertiary/aromatic N) is 1. The van der Waals surface area contributed by atoms with E-state index in [1.54, 1.807) is 36.8 Å². The number of anilines is 1. The average molecular weight is 402 g/mol. The lowest BCUT2D eigenvalue weighted by Crippen LogP contribution is -2.23. The molecular formula is C19H16ClN3O3S. The zero-order chi connectivity index (χ0) is 19.2. The Morgan fingerprint density at radius 3 is 2.59 bits per heavy atom. The van der Waals surface area contributed by atoms with Gasteiger partial charge in [0.1, 0.15) is 11.4 Å². The minimum atomic E-state index is -0.329. The van der Waals surface area contributed by atoms with Crippen LogP contribution in [0.25, 0.3) is 0 Å². The molecule has 8 heteroatoms. The van der Waals surface area contributed by atoms with E-state index in [1.165, 1.54) is 11.3 Å². The molecule has 0 saturated heterocycles. The standard InChI is InChI=1S/C19H16ClN3O3S/c1-26-16-5-3-2-4-13(16)10-21-18(25)15-11-27-19(22-15)23-17(24)12-6-8-14(20)9-7-12/h2-9,11H,10H2,1H3,(H,21,25)(H,22,23,24). The summed E-state index contributed by atoms with van der Waals surface area (Å²) in [6.07, 6.45) is 0. The number of rotatable bonds is 6. The number of nitrogens with one attached hydrogen (secondary N) is 2. The molecule has 6 nitrogen and oxygen atoms in total. The van der Waals surface area contributed by atoms with Crippen molar-refractivity contribution in [2.45, 2.75) is 6.54 Å². The minimum absolute atomic E-state index is 0.237. The number of aromatic nitrogens is 1. The molecule has 0 fully saturated rings. The van der Waals surface area contributed by atoms with Crippen LogP contribution < -0.4 is 15.4 Å². The van der Waals surface area contributed by atoms with Crippen molar-refractivity contribution in [3.05, 3.63) is 75.8 Å². The van der Waals surface area contributed by atoms with Gasteiger partial charge in [0.05, 0.1) is 7.11 Å². The van der Waals surface area contributed by atoms with Gasteiger partial charge >= 0.3 is 0 Å². The van der Waals surface area contributed by atoms with Gasteiger partial charge in [-0.05, 0) is 30.3 Å². The number of ether oxygens (including phenoxy) is 1. The van der Waals surface area contributed by atoms with Gasteiger partial charge in [0.15, 0.2) is 5.13 Å². The molecule has 0 aliphatic carbocycles. The molecule has 0 unspecified atom stereocenters. The maximum atomic E-state index is 12.3. The first kappa shape index (κ1) is 18.9. The smallest absolute Gasteiger partial charge is 0.271 e. The molecule has 0 aliphatic heterocycles. The van der Waals surface area contributed by atoms with Gasteiger partial charge in [-0.1, -0.05) is 29.8 Å². The number of thiazole rings is 1. The van der Waals surface area contributed by atoms with Gasteiger partial charge in [-0.2, -0.15) is 0 Å². The van der Waals surface area contributed by atoms with Crippen LogP contribution in [0.5, 0.6) is 5.75 Å². The van der Waals surface area contributed by atoms with Gasteiger partial charge in [0.25, 0.3) is 11.8 Å². The molecule has 138 valence electrons. The maximum Gasteiger partial charge on any atom is 0.271 e. The summed E-state index contributed by atoms with van der Waals surface area (Å²) in [4.78, 5) is 28.6. The fraction of sp³-hybridized carbons (Fsp3) is 0.105. The Hall–Kier alpha value is -2.90. The summed E-state index contributed by atoms with van der Waals surface area (Å²) in [5.74, 6) is 0.0538. The van der Waals surface area contributed by atoms with Crippen LogP contribution >= 0.6 is 22.9 Å². The summed E-state index contributed by atoms with van der Waals surface area (Å²) < 4.78 is 5.26. The molecule has 0 aliphatic rings. The minimum Gasteiger partial charge on any atom is -0.496 e. The van der Waals surface area contributed by atoms with Crippen molar-refractivity contribution in [2.75, 3.05) is 12.4 Å². The summed E-state index contributed by atoms with van der Waals surface area (Å²) in [7, 11) is 1.58. The predicted molar refractivity (Wildman–Crippen MR) is 106 cm³/mol. The quantitative estimate of drug-likeness (QED) is 0.654. The van der Waals surface area contributed by atoms with Gasteiger partial charge < -0.3 is 10.1 Å². The SMILES string of the molecule is COc1ccccc1CNC(=O)c1csc(NC(=O)c2ccc(Cl)cc2)n1. The monoisotopic (exact) mass is 401 g/mol. The lowest BCUT2D eigenvalue weighted by molar-refractivity contribution is 0.0945. The topological polar surface area (TPSA) is 80.3 Å². The number of methoxy groups -OCH3 is 1. The second kappa shape index (κ2) is 8.66. The number of amides is 2. The van der Waals surface area contributed by atoms with Crippen LogP contribution in [0.2, 0.25) is 5.02 Å². The number of carbonyl (C=O) groups is 2. The average Bonchev–Trinajstić information content (AvgIpc) is 3.15. The predicted octanol–water partition coefficient (Wildman–Crippen LogP) is 3.99. The van der Waals surface area contributed by atoms with E-state index in [4.69, 9.17) is 16.3 Å². The molecule has 1 heterocycles. The van der Waals surface area contributed by atoms with Gasteiger partial charge in [0, 0.05) is 28.1 Å². The molecule has 2 amide bonds. The number of para-hydroxylation sites is 1. The summed E-state index contributed by atoms with van der Waals surface area (Å²) >= 11 is 6.99. The van der Waals surface area contributed by atoms with Crippen molar-refractivity contribution in [2.24, 2.45) is 0 Å². The van der Waals surface area contributed by atoms with E-state index in [9.17, 15) is 9.59 Å². The Balaban J connectivity index is 1.60. The number of hydrogen-bond donors (Lipinski definition) is 2. The highest BCUT2D eigenvalue weighted by Gasteiger charge is 2.14. The second-order valence-electron chi connectivity index (χ2n) is 5.49. The van der Waals surface area contributed by atoms with Crippen LogP contribution in [0.3, 0.4) is 0 Å². The third-order valence-corrected chi connectivity index (χ3v) is 4.71. The number of benzene rings is 2. The van der Waals surface area contributed by atoms with Gasteiger partial charge in [-0.15, -0.1) is 11.3 Å². The fourth-order valence-corrected chi connectivity index (χ4v) is 3.13. The van der Waals surface area contributed by atoms with Crippen molar-refractivity contribution < 1.29 is 14.3 Å². The molecule has 2 N–H and O–H groups in total. The van der Waals surface area contributed by atoms with Crippen molar-refractivity contribution in [3.8, 4) is 5.75 Å². The van der Waals surface area contributed by atoms with Crippen LogP contribution in [0, 0.1) is 0 Å². The van der Waals surface area contributed by atoms with Gasteiger partial charge in [-0.3, -0.25) is 14.9 Å². The molecule has 27 heavy (non-hydrogen) atoms. The van der Waals surface area contributed by atoms with Crippen molar-refractivity contribution >= 4 is 39.9 Å². The Labute approximate surface area is 165 Å². The summed E-state index contributed by atoms with van der Waals surface area (Å²) in [6, 6.07) is 13.9. The first-order valence-electron chi connectivity index (χ1n) is 7.99. The fourth-order valence-electron chi connectivity index (χ4n) is 2.32. The van der Waals surface area contributed by atoms with E-state index >= 15 is 0 Å². The highest BCUT2D eigenvalue weighted by Crippen LogP contribution is 2.19. The molecule has 0 saturated carbocycles. The van der Waals surface area contributed by atoms with Crippen LogP contribution in [0.4, 0.5) is 5.13 Å². The van der Waals surface area contributed by atoms with Crippen molar-refractivity contribution in [1.82, 2.24) is 10.3 Å².